The molecule has 0 fully saturated rings. The molecule has 0 aromatic rings. The summed E-state index contributed by atoms with van der Waals surface area (Å²) in [5, 5.41) is 7.60. The van der Waals surface area contributed by atoms with Gasteiger partial charge in [-0.25, -0.2) is 0 Å². The second-order valence-electron chi connectivity index (χ2n) is 10.7. The van der Waals surface area contributed by atoms with Gasteiger partial charge in [-0.05, 0) is 33.0 Å². The lowest BCUT2D eigenvalue weighted by Crippen LogP contribution is -2.20. The van der Waals surface area contributed by atoms with E-state index in [-0.39, 0.29) is 6.54 Å². The summed E-state index contributed by atoms with van der Waals surface area (Å²) in [5.41, 5.74) is 4.57. The summed E-state index contributed by atoms with van der Waals surface area (Å²) in [4.78, 5) is 11.8. The number of hydrogen-bond acceptors (Lipinski definition) is 3. The lowest BCUT2D eigenvalue weighted by Gasteiger charge is -2.16. The summed E-state index contributed by atoms with van der Waals surface area (Å²) in [5.74, 6) is -0.968. The van der Waals surface area contributed by atoms with Gasteiger partial charge in [-0.2, -0.15) is 0 Å². The van der Waals surface area contributed by atoms with Crippen LogP contribution in [0.15, 0.2) is 0 Å². The second-order valence-corrected chi connectivity index (χ2v) is 10.7. The van der Waals surface area contributed by atoms with Gasteiger partial charge < -0.3 is 15.7 Å². The summed E-state index contributed by atoms with van der Waals surface area (Å²) in [6.07, 6.45) is 34.9. The molecule has 0 aliphatic rings. The van der Waals surface area contributed by atoms with E-state index in [1.54, 1.807) is 0 Å². The fourth-order valence-corrected chi connectivity index (χ4v) is 4.56. The number of nitrogens with two attached hydrogens (primary N) is 1. The largest absolute Gasteiger partial charge is 0.480 e. The summed E-state index contributed by atoms with van der Waals surface area (Å²) >= 11 is 0. The number of carboxylic acid groups (broad SMARTS) is 1. The van der Waals surface area contributed by atoms with Crippen LogP contribution < -0.4 is 5.73 Å². The maximum atomic E-state index is 9.24. The van der Waals surface area contributed by atoms with E-state index in [9.17, 15) is 4.79 Å². The number of rotatable bonds is 27. The Labute approximate surface area is 221 Å². The van der Waals surface area contributed by atoms with Crippen molar-refractivity contribution in [2.45, 2.75) is 168 Å². The van der Waals surface area contributed by atoms with Gasteiger partial charge >= 0.3 is 5.97 Å². The Kier molecular flexibility index (Phi) is 34.9. The van der Waals surface area contributed by atoms with Crippen molar-refractivity contribution in [3.05, 3.63) is 0 Å². The Bertz CT molecular complexity index is 390. The molecule has 0 aromatic heterocycles. The van der Waals surface area contributed by atoms with Crippen molar-refractivity contribution in [2.24, 2.45) is 5.73 Å². The molecule has 0 bridgehead atoms. The first-order valence-corrected chi connectivity index (χ1v) is 15.7. The minimum atomic E-state index is -0.968. The zero-order valence-electron chi connectivity index (χ0n) is 24.5. The Hall–Kier alpha value is -0.610. The maximum Gasteiger partial charge on any atom is 0.317 e. The summed E-state index contributed by atoms with van der Waals surface area (Å²) in [6, 6.07) is 0. The third-order valence-corrected chi connectivity index (χ3v) is 6.96. The third-order valence-electron chi connectivity index (χ3n) is 6.96. The van der Waals surface area contributed by atoms with Crippen molar-refractivity contribution in [2.75, 3.05) is 26.7 Å². The van der Waals surface area contributed by atoms with Crippen molar-refractivity contribution in [1.82, 2.24) is 4.90 Å². The first-order chi connectivity index (χ1) is 17.1. The first-order valence-electron chi connectivity index (χ1n) is 15.7. The van der Waals surface area contributed by atoms with Crippen LogP contribution in [0.3, 0.4) is 0 Å². The summed E-state index contributed by atoms with van der Waals surface area (Å²) in [6.45, 7) is 6.96. The van der Waals surface area contributed by atoms with Gasteiger partial charge in [0.15, 0.2) is 0 Å². The molecule has 0 aliphatic heterocycles. The molecular weight excluding hydrogens is 432 g/mol. The summed E-state index contributed by atoms with van der Waals surface area (Å²) in [7, 11) is 2.33. The van der Waals surface area contributed by atoms with Gasteiger partial charge in [-0.15, -0.1) is 0 Å². The molecule has 0 unspecified atom stereocenters. The molecule has 0 radical (unpaired) electrons. The van der Waals surface area contributed by atoms with Gasteiger partial charge in [0, 0.05) is 0 Å². The van der Waals surface area contributed by atoms with Gasteiger partial charge in [0.2, 0.25) is 0 Å². The van der Waals surface area contributed by atoms with E-state index in [1.165, 1.54) is 167 Å². The maximum absolute atomic E-state index is 9.24. The average Bonchev–Trinajstić information content (AvgIpc) is 2.85. The van der Waals surface area contributed by atoms with Crippen LogP contribution in [0, 0.1) is 0 Å². The van der Waals surface area contributed by atoms with Gasteiger partial charge in [0.1, 0.15) is 0 Å². The van der Waals surface area contributed by atoms with Gasteiger partial charge in [-0.1, -0.05) is 155 Å². The molecule has 212 valence electrons. The van der Waals surface area contributed by atoms with E-state index >= 15 is 0 Å². The quantitative estimate of drug-likeness (QED) is 0.111. The smallest absolute Gasteiger partial charge is 0.317 e. The van der Waals surface area contributed by atoms with Crippen LogP contribution in [0.4, 0.5) is 0 Å². The molecule has 4 nitrogen and oxygen atoms in total. The minimum absolute atomic E-state index is 0.278. The van der Waals surface area contributed by atoms with Crippen molar-refractivity contribution in [3.8, 4) is 0 Å². The third kappa shape index (κ3) is 38.1. The second kappa shape index (κ2) is 33.4. The zero-order valence-corrected chi connectivity index (χ0v) is 24.5. The molecule has 35 heavy (non-hydrogen) atoms. The van der Waals surface area contributed by atoms with Crippen molar-refractivity contribution < 1.29 is 9.90 Å². The molecule has 0 amide bonds. The van der Waals surface area contributed by atoms with E-state index in [0.717, 1.165) is 0 Å². The lowest BCUT2D eigenvalue weighted by atomic mass is 10.0. The van der Waals surface area contributed by atoms with Crippen LogP contribution >= 0.6 is 0 Å². The first kappa shape index (κ1) is 36.5. The molecule has 0 heterocycles. The Morgan fingerprint density at radius 3 is 0.914 bits per heavy atom. The monoisotopic (exact) mass is 499 g/mol. The van der Waals surface area contributed by atoms with E-state index in [4.69, 9.17) is 5.11 Å². The molecule has 0 spiro atoms. The predicted octanol–water partition coefficient (Wildman–Crippen LogP) is 9.35. The molecule has 0 aromatic carbocycles. The van der Waals surface area contributed by atoms with Crippen LogP contribution in [0.5, 0.6) is 0 Å². The number of aliphatic carboxylic acids is 1. The zero-order chi connectivity index (χ0) is 26.2. The highest BCUT2D eigenvalue weighted by atomic mass is 16.4. The molecule has 0 aliphatic carbocycles. The average molecular weight is 499 g/mol. The highest BCUT2D eigenvalue weighted by Crippen LogP contribution is 2.13. The van der Waals surface area contributed by atoms with E-state index in [2.05, 4.69) is 31.5 Å². The van der Waals surface area contributed by atoms with E-state index in [0.29, 0.717) is 0 Å². The fraction of sp³-hybridized carbons (Fsp3) is 0.968. The topological polar surface area (TPSA) is 66.6 Å². The molecule has 0 atom stereocenters. The van der Waals surface area contributed by atoms with Crippen LogP contribution in [-0.2, 0) is 4.79 Å². The molecular formula is C31H66N2O2. The van der Waals surface area contributed by atoms with E-state index < -0.39 is 5.97 Å². The van der Waals surface area contributed by atoms with Gasteiger partial charge in [0.05, 0.1) is 6.54 Å². The van der Waals surface area contributed by atoms with E-state index in [1.807, 2.05) is 0 Å². The van der Waals surface area contributed by atoms with Gasteiger partial charge in [0.25, 0.3) is 0 Å². The lowest BCUT2D eigenvalue weighted by molar-refractivity contribution is -0.135. The Morgan fingerprint density at radius 1 is 0.514 bits per heavy atom. The standard InChI is InChI=1S/C29H61N.C2H5NO2/c1-4-6-8-10-12-14-16-17-18-19-21-23-25-27-29-30(3)28-26-24-22-20-15-13-11-9-7-5-2;3-1-2(4)5/h4-29H2,1-3H3;1,3H2,(H,4,5). The molecule has 0 rings (SSSR count). The predicted molar refractivity (Wildman–Crippen MR) is 156 cm³/mol. The van der Waals surface area contributed by atoms with Crippen molar-refractivity contribution in [1.29, 1.82) is 0 Å². The van der Waals surface area contributed by atoms with Gasteiger partial charge in [-0.3, -0.25) is 4.79 Å². The molecule has 0 saturated carbocycles. The minimum Gasteiger partial charge on any atom is -0.480 e. The molecule has 3 N–H and O–H groups in total. The van der Waals surface area contributed by atoms with Crippen molar-refractivity contribution >= 4 is 5.97 Å². The number of nitrogens with zero attached hydrogens (tertiary/aromatic N) is 1. The Morgan fingerprint density at radius 2 is 0.714 bits per heavy atom. The number of carboxylic acids is 1. The number of hydrogen-bond donors (Lipinski definition) is 2. The highest BCUT2D eigenvalue weighted by molar-refractivity contribution is 5.68. The number of unbranched alkanes of at least 4 members (excludes halogenated alkanes) is 22. The summed E-state index contributed by atoms with van der Waals surface area (Å²) < 4.78 is 0. The van der Waals surface area contributed by atoms with Crippen LogP contribution in [0.25, 0.3) is 0 Å². The van der Waals surface area contributed by atoms with Crippen molar-refractivity contribution in [3.63, 3.8) is 0 Å². The van der Waals surface area contributed by atoms with Crippen LogP contribution in [0.1, 0.15) is 168 Å². The SMILES string of the molecule is CCCCCCCCCCCCCCCCN(C)CCCCCCCCCCCC.NCC(=O)O. The van der Waals surface area contributed by atoms with Crippen LogP contribution in [-0.4, -0.2) is 42.7 Å². The normalized spacial score (nSPS) is 11.0. The van der Waals surface area contributed by atoms with Crippen LogP contribution in [0.2, 0.25) is 0 Å². The highest BCUT2D eigenvalue weighted by Gasteiger charge is 1.99. The fourth-order valence-electron chi connectivity index (χ4n) is 4.56. The Balaban J connectivity index is 0. The molecule has 4 heteroatoms. The number of carbonyl (C=O) groups is 1. The molecule has 0 saturated heterocycles.